The van der Waals surface area contributed by atoms with Gasteiger partial charge in [0, 0.05) is 14.9 Å². The number of fused-ring (bicyclic) bond motifs is 1. The number of rotatable bonds is 1. The first kappa shape index (κ1) is 10.8. The van der Waals surface area contributed by atoms with Crippen LogP contribution in [-0.4, -0.2) is 18.6 Å². The third-order valence-electron chi connectivity index (χ3n) is 1.79. The molecule has 0 amide bonds. The van der Waals surface area contributed by atoms with Crippen molar-refractivity contribution in [2.75, 3.05) is 0 Å². The lowest BCUT2D eigenvalue weighted by Crippen LogP contribution is -1.92. The molecule has 15 heavy (non-hydrogen) atoms. The Balaban J connectivity index is 2.92. The lowest BCUT2D eigenvalue weighted by Gasteiger charge is -1.95. The zero-order chi connectivity index (χ0) is 11.2. The first-order valence-electron chi connectivity index (χ1n) is 3.67. The van der Waals surface area contributed by atoms with Crippen molar-refractivity contribution in [2.45, 2.75) is 5.03 Å². The zero-order valence-electron chi connectivity index (χ0n) is 6.96. The minimum absolute atomic E-state index is 0.122. The van der Waals surface area contributed by atoms with Crippen LogP contribution in [0.3, 0.4) is 0 Å². The van der Waals surface area contributed by atoms with Crippen LogP contribution in [0.4, 0.5) is 3.89 Å². The summed E-state index contributed by atoms with van der Waals surface area (Å²) in [6.45, 7) is 0. The molecule has 0 aliphatic heterocycles. The zero-order valence-corrected chi connectivity index (χ0v) is 10.1. The van der Waals surface area contributed by atoms with Crippen molar-refractivity contribution in [1.82, 2.24) is 10.2 Å². The summed E-state index contributed by atoms with van der Waals surface area (Å²) in [4.78, 5) is 0. The quantitative estimate of drug-likeness (QED) is 0.823. The number of H-pyrrole nitrogens is 1. The summed E-state index contributed by atoms with van der Waals surface area (Å²) in [5.74, 6) is 0. The fraction of sp³-hybridized carbons (Fsp3) is 0. The molecular weight excluding hydrogens is 311 g/mol. The predicted molar refractivity (Wildman–Crippen MR) is 57.1 cm³/mol. The molecule has 0 aliphatic carbocycles. The molecular formula is C7H3BrClFN2O2S. The van der Waals surface area contributed by atoms with Gasteiger partial charge in [0.15, 0.2) is 5.03 Å². The molecule has 8 heteroatoms. The Hall–Kier alpha value is -0.660. The lowest BCUT2D eigenvalue weighted by molar-refractivity contribution is 0.548. The van der Waals surface area contributed by atoms with Crippen LogP contribution < -0.4 is 0 Å². The van der Waals surface area contributed by atoms with Gasteiger partial charge in [-0.2, -0.15) is 13.5 Å². The average molecular weight is 314 g/mol. The second-order valence-electron chi connectivity index (χ2n) is 2.77. The highest BCUT2D eigenvalue weighted by molar-refractivity contribution is 9.10. The van der Waals surface area contributed by atoms with E-state index in [0.717, 1.165) is 0 Å². The molecule has 0 unspecified atom stereocenters. The summed E-state index contributed by atoms with van der Waals surface area (Å²) < 4.78 is 34.8. The van der Waals surface area contributed by atoms with Gasteiger partial charge in [-0.3, -0.25) is 5.10 Å². The Morgan fingerprint density at radius 2 is 2.13 bits per heavy atom. The summed E-state index contributed by atoms with van der Waals surface area (Å²) in [5, 5.41) is 5.63. The molecule has 0 saturated carbocycles. The average Bonchev–Trinajstić information content (AvgIpc) is 2.45. The first-order valence-corrected chi connectivity index (χ1v) is 6.23. The van der Waals surface area contributed by atoms with E-state index < -0.39 is 15.2 Å². The van der Waals surface area contributed by atoms with Crippen molar-refractivity contribution < 1.29 is 12.3 Å². The van der Waals surface area contributed by atoms with Gasteiger partial charge in [0.2, 0.25) is 0 Å². The number of benzene rings is 1. The van der Waals surface area contributed by atoms with E-state index in [0.29, 0.717) is 15.0 Å². The Morgan fingerprint density at radius 3 is 2.73 bits per heavy atom. The van der Waals surface area contributed by atoms with Gasteiger partial charge in [-0.1, -0.05) is 15.5 Å². The lowest BCUT2D eigenvalue weighted by atomic mass is 10.3. The Morgan fingerprint density at radius 1 is 1.47 bits per heavy atom. The van der Waals surface area contributed by atoms with E-state index in [4.69, 9.17) is 11.6 Å². The minimum Gasteiger partial charge on any atom is -0.264 e. The molecule has 0 saturated heterocycles. The second-order valence-corrected chi connectivity index (χ2v) is 5.35. The molecule has 0 radical (unpaired) electrons. The maximum Gasteiger partial charge on any atom is 0.349 e. The smallest absolute Gasteiger partial charge is 0.264 e. The molecule has 0 bridgehead atoms. The molecule has 1 aromatic carbocycles. The number of halogens is 3. The van der Waals surface area contributed by atoms with Crippen molar-refractivity contribution in [3.63, 3.8) is 0 Å². The molecule has 0 aliphatic rings. The number of aromatic amines is 1. The van der Waals surface area contributed by atoms with Gasteiger partial charge in [-0.25, -0.2) is 0 Å². The molecule has 0 spiro atoms. The van der Waals surface area contributed by atoms with Crippen LogP contribution in [0.2, 0.25) is 5.02 Å². The van der Waals surface area contributed by atoms with E-state index in [9.17, 15) is 12.3 Å². The third kappa shape index (κ3) is 1.86. The van der Waals surface area contributed by atoms with Crippen LogP contribution in [0.5, 0.6) is 0 Å². The predicted octanol–water partition coefficient (Wildman–Crippen LogP) is 2.64. The topological polar surface area (TPSA) is 62.8 Å². The molecule has 1 heterocycles. The van der Waals surface area contributed by atoms with Gasteiger partial charge in [-0.05, 0) is 28.1 Å². The van der Waals surface area contributed by atoms with Gasteiger partial charge in [-0.15, -0.1) is 0 Å². The summed E-state index contributed by atoms with van der Waals surface area (Å²) in [5.41, 5.74) is 0.315. The molecule has 0 fully saturated rings. The molecule has 1 N–H and O–H groups in total. The van der Waals surface area contributed by atoms with Gasteiger partial charge in [0.05, 0.1) is 0 Å². The largest absolute Gasteiger partial charge is 0.349 e. The van der Waals surface area contributed by atoms with Crippen molar-refractivity contribution in [3.05, 3.63) is 21.6 Å². The van der Waals surface area contributed by atoms with Crippen molar-refractivity contribution in [1.29, 1.82) is 0 Å². The highest BCUT2D eigenvalue weighted by Crippen LogP contribution is 2.30. The number of aromatic nitrogens is 2. The monoisotopic (exact) mass is 312 g/mol. The van der Waals surface area contributed by atoms with Crippen molar-refractivity contribution >= 4 is 48.7 Å². The van der Waals surface area contributed by atoms with Crippen LogP contribution in [0.1, 0.15) is 0 Å². The maximum absolute atomic E-state index is 12.8. The van der Waals surface area contributed by atoms with Crippen LogP contribution in [0, 0.1) is 0 Å². The molecule has 0 atom stereocenters. The van der Waals surface area contributed by atoms with E-state index in [-0.39, 0.29) is 5.39 Å². The van der Waals surface area contributed by atoms with Gasteiger partial charge in [0.1, 0.15) is 5.52 Å². The highest BCUT2D eigenvalue weighted by atomic mass is 79.9. The van der Waals surface area contributed by atoms with E-state index >= 15 is 0 Å². The fourth-order valence-electron chi connectivity index (χ4n) is 1.21. The van der Waals surface area contributed by atoms with Crippen molar-refractivity contribution in [2.24, 2.45) is 0 Å². The molecule has 2 rings (SSSR count). The second kappa shape index (κ2) is 3.43. The van der Waals surface area contributed by atoms with Gasteiger partial charge >= 0.3 is 10.2 Å². The third-order valence-corrected chi connectivity index (χ3v) is 3.41. The minimum atomic E-state index is -4.82. The van der Waals surface area contributed by atoms with E-state index in [1.54, 1.807) is 6.07 Å². The van der Waals surface area contributed by atoms with Crippen molar-refractivity contribution in [3.8, 4) is 0 Å². The van der Waals surface area contributed by atoms with Crippen LogP contribution in [-0.2, 0) is 10.2 Å². The number of nitrogens with one attached hydrogen (secondary N) is 1. The molecule has 4 nitrogen and oxygen atoms in total. The summed E-state index contributed by atoms with van der Waals surface area (Å²) in [6.07, 6.45) is 0. The fourth-order valence-corrected chi connectivity index (χ4v) is 2.68. The molecule has 80 valence electrons. The first-order chi connectivity index (χ1) is 6.89. The normalized spacial score (nSPS) is 12.2. The van der Waals surface area contributed by atoms with E-state index in [1.165, 1.54) is 6.07 Å². The Bertz CT molecular complexity index is 640. The number of nitrogens with zero attached hydrogens (tertiary/aromatic N) is 1. The number of hydrogen-bond donors (Lipinski definition) is 1. The SMILES string of the molecule is O=S(=O)(F)c1[nH]nc2c(Br)cc(Cl)cc12. The molecule has 2 aromatic rings. The highest BCUT2D eigenvalue weighted by Gasteiger charge is 2.20. The Kier molecular flexibility index (Phi) is 2.48. The van der Waals surface area contributed by atoms with E-state index in [1.807, 2.05) is 0 Å². The summed E-state index contributed by atoms with van der Waals surface area (Å²) in [7, 11) is -4.82. The summed E-state index contributed by atoms with van der Waals surface area (Å²) >= 11 is 8.86. The molecule has 1 aromatic heterocycles. The number of hydrogen-bond acceptors (Lipinski definition) is 3. The van der Waals surface area contributed by atoms with Crippen LogP contribution in [0.15, 0.2) is 21.6 Å². The summed E-state index contributed by atoms with van der Waals surface area (Å²) in [6, 6.07) is 2.87. The van der Waals surface area contributed by atoms with Gasteiger partial charge in [0.25, 0.3) is 0 Å². The van der Waals surface area contributed by atoms with E-state index in [2.05, 4.69) is 26.1 Å². The standard InChI is InChI=1S/C7H3BrClFN2O2S/c8-5-2-3(9)1-4-6(5)11-12-7(4)15(10,13)14/h1-2H,(H,11,12). The van der Waals surface area contributed by atoms with Crippen LogP contribution in [0.25, 0.3) is 10.9 Å². The van der Waals surface area contributed by atoms with Crippen LogP contribution >= 0.6 is 27.5 Å². The Labute approximate surface area is 97.8 Å². The van der Waals surface area contributed by atoms with Gasteiger partial charge < -0.3 is 0 Å². The maximum atomic E-state index is 12.8.